The van der Waals surface area contributed by atoms with Gasteiger partial charge in [-0.25, -0.2) is 0 Å². The van der Waals surface area contributed by atoms with E-state index in [0.717, 1.165) is 0 Å². The van der Waals surface area contributed by atoms with Crippen molar-refractivity contribution in [2.45, 2.75) is 19.0 Å². The molecular formula is C16H18ClN3O3. The zero-order chi connectivity index (χ0) is 16.7. The average molecular weight is 336 g/mol. The highest BCUT2D eigenvalue weighted by Crippen LogP contribution is 2.22. The van der Waals surface area contributed by atoms with E-state index in [4.69, 9.17) is 11.6 Å². The van der Waals surface area contributed by atoms with Gasteiger partial charge in [0.25, 0.3) is 5.91 Å². The van der Waals surface area contributed by atoms with Crippen molar-refractivity contribution in [3.63, 3.8) is 0 Å². The van der Waals surface area contributed by atoms with Crippen molar-refractivity contribution in [1.29, 1.82) is 0 Å². The molecule has 3 rings (SSSR count). The van der Waals surface area contributed by atoms with Crippen LogP contribution in [0.2, 0.25) is 5.02 Å². The highest BCUT2D eigenvalue weighted by atomic mass is 35.5. The molecule has 0 aromatic heterocycles. The molecule has 0 spiro atoms. The molecule has 0 saturated carbocycles. The smallest absolute Gasteiger partial charge is 0.254 e. The Bertz CT molecular complexity index is 678. The topological polar surface area (TPSA) is 60.9 Å². The number of halogens is 1. The summed E-state index contributed by atoms with van der Waals surface area (Å²) >= 11 is 5.93. The molecule has 0 aliphatic carbocycles. The molecule has 2 heterocycles. The van der Waals surface area contributed by atoms with Crippen LogP contribution in [0.25, 0.3) is 0 Å². The largest absolute Gasteiger partial charge is 0.334 e. The van der Waals surface area contributed by atoms with Gasteiger partial charge in [0.15, 0.2) is 0 Å². The minimum Gasteiger partial charge on any atom is -0.334 e. The molecule has 2 aliphatic rings. The first-order valence-electron chi connectivity index (χ1n) is 7.52. The van der Waals surface area contributed by atoms with Gasteiger partial charge in [0.05, 0.1) is 6.54 Å². The van der Waals surface area contributed by atoms with Crippen LogP contribution < -0.4 is 0 Å². The Kier molecular flexibility index (Phi) is 4.02. The summed E-state index contributed by atoms with van der Waals surface area (Å²) in [5.74, 6) is -0.360. The molecule has 0 N–H and O–H groups in total. The SMILES string of the molecule is C[C@H]1C(=O)N2CCN(C(=O)c3cccc(Cl)c3)C[C@@H]2C(=O)N1C. The zero-order valence-corrected chi connectivity index (χ0v) is 13.8. The fourth-order valence-electron chi connectivity index (χ4n) is 3.08. The van der Waals surface area contributed by atoms with Crippen LogP contribution in [0.3, 0.4) is 0 Å². The molecule has 6 nitrogen and oxygen atoms in total. The summed E-state index contributed by atoms with van der Waals surface area (Å²) in [6.45, 7) is 2.73. The van der Waals surface area contributed by atoms with E-state index >= 15 is 0 Å². The van der Waals surface area contributed by atoms with Crippen molar-refractivity contribution in [3.05, 3.63) is 34.9 Å². The Morgan fingerprint density at radius 1 is 1.22 bits per heavy atom. The quantitative estimate of drug-likeness (QED) is 0.764. The van der Waals surface area contributed by atoms with Crippen molar-refractivity contribution < 1.29 is 14.4 Å². The second kappa shape index (κ2) is 5.85. The van der Waals surface area contributed by atoms with Gasteiger partial charge in [-0.1, -0.05) is 17.7 Å². The first kappa shape index (κ1) is 15.8. The zero-order valence-electron chi connectivity index (χ0n) is 13.0. The van der Waals surface area contributed by atoms with Crippen molar-refractivity contribution in [2.24, 2.45) is 0 Å². The van der Waals surface area contributed by atoms with Crippen LogP contribution in [0.15, 0.2) is 24.3 Å². The molecule has 0 bridgehead atoms. The van der Waals surface area contributed by atoms with Crippen LogP contribution in [0.5, 0.6) is 0 Å². The highest BCUT2D eigenvalue weighted by Gasteiger charge is 2.45. The van der Waals surface area contributed by atoms with Gasteiger partial charge in [-0.2, -0.15) is 0 Å². The van der Waals surface area contributed by atoms with Gasteiger partial charge in [0, 0.05) is 30.7 Å². The number of likely N-dealkylation sites (N-methyl/N-ethyl adjacent to an activating group) is 1. The number of fused-ring (bicyclic) bond motifs is 1. The summed E-state index contributed by atoms with van der Waals surface area (Å²) in [6.07, 6.45) is 0. The first-order valence-corrected chi connectivity index (χ1v) is 7.90. The van der Waals surface area contributed by atoms with E-state index in [1.807, 2.05) is 0 Å². The van der Waals surface area contributed by atoms with Crippen molar-refractivity contribution in [1.82, 2.24) is 14.7 Å². The van der Waals surface area contributed by atoms with Gasteiger partial charge in [-0.15, -0.1) is 0 Å². The monoisotopic (exact) mass is 335 g/mol. The lowest BCUT2D eigenvalue weighted by molar-refractivity contribution is -0.162. The maximum Gasteiger partial charge on any atom is 0.254 e. The second-order valence-corrected chi connectivity index (χ2v) is 6.37. The molecular weight excluding hydrogens is 318 g/mol. The molecule has 7 heteroatoms. The summed E-state index contributed by atoms with van der Waals surface area (Å²) in [5.41, 5.74) is 0.488. The Morgan fingerprint density at radius 3 is 2.65 bits per heavy atom. The van der Waals surface area contributed by atoms with E-state index in [-0.39, 0.29) is 24.3 Å². The predicted molar refractivity (Wildman–Crippen MR) is 85.1 cm³/mol. The molecule has 1 aromatic carbocycles. The van der Waals surface area contributed by atoms with E-state index in [1.165, 1.54) is 4.90 Å². The number of hydrogen-bond acceptors (Lipinski definition) is 3. The summed E-state index contributed by atoms with van der Waals surface area (Å²) in [4.78, 5) is 42.0. The lowest BCUT2D eigenvalue weighted by Crippen LogP contribution is -2.69. The third kappa shape index (κ3) is 2.67. The van der Waals surface area contributed by atoms with Crippen molar-refractivity contribution >= 4 is 29.3 Å². The van der Waals surface area contributed by atoms with Crippen molar-refractivity contribution in [3.8, 4) is 0 Å². The standard InChI is InChI=1S/C16H18ClN3O3/c1-10-14(21)20-7-6-19(9-13(20)16(23)18(10)2)15(22)11-4-3-5-12(17)8-11/h3-5,8,10,13H,6-7,9H2,1-2H3/t10-,13+/m0/s1. The number of carbonyl (C=O) groups is 3. The van der Waals surface area contributed by atoms with E-state index in [0.29, 0.717) is 23.7 Å². The van der Waals surface area contributed by atoms with Crippen LogP contribution in [0.4, 0.5) is 0 Å². The molecule has 1 aromatic rings. The van der Waals surface area contributed by atoms with Crippen molar-refractivity contribution in [2.75, 3.05) is 26.7 Å². The summed E-state index contributed by atoms with van der Waals surface area (Å²) < 4.78 is 0. The van der Waals surface area contributed by atoms with E-state index in [1.54, 1.807) is 48.0 Å². The van der Waals surface area contributed by atoms with Gasteiger partial charge in [-0.05, 0) is 25.1 Å². The van der Waals surface area contributed by atoms with Gasteiger partial charge in [0.2, 0.25) is 11.8 Å². The molecule has 122 valence electrons. The molecule has 3 amide bonds. The molecule has 2 saturated heterocycles. The van der Waals surface area contributed by atoms with Gasteiger partial charge in [0.1, 0.15) is 12.1 Å². The lowest BCUT2D eigenvalue weighted by atomic mass is 10.0. The van der Waals surface area contributed by atoms with Gasteiger partial charge >= 0.3 is 0 Å². The number of benzene rings is 1. The highest BCUT2D eigenvalue weighted by molar-refractivity contribution is 6.30. The summed E-state index contributed by atoms with van der Waals surface area (Å²) in [7, 11) is 1.62. The summed E-state index contributed by atoms with van der Waals surface area (Å²) in [6, 6.07) is 5.68. The Balaban J connectivity index is 1.80. The van der Waals surface area contributed by atoms with E-state index < -0.39 is 12.1 Å². The fourth-order valence-corrected chi connectivity index (χ4v) is 3.27. The van der Waals surface area contributed by atoms with E-state index in [2.05, 4.69) is 0 Å². The Labute approximate surface area is 139 Å². The van der Waals surface area contributed by atoms with Crippen LogP contribution >= 0.6 is 11.6 Å². The Hall–Kier alpha value is -2.08. The van der Waals surface area contributed by atoms with E-state index in [9.17, 15) is 14.4 Å². The third-order valence-corrected chi connectivity index (χ3v) is 4.83. The first-order chi connectivity index (χ1) is 10.9. The lowest BCUT2D eigenvalue weighted by Gasteiger charge is -2.47. The minimum atomic E-state index is -0.597. The number of carbonyl (C=O) groups excluding carboxylic acids is 3. The Morgan fingerprint density at radius 2 is 1.96 bits per heavy atom. The fraction of sp³-hybridized carbons (Fsp3) is 0.438. The van der Waals surface area contributed by atoms with Crippen LogP contribution in [-0.4, -0.2) is 71.2 Å². The average Bonchev–Trinajstić information content (AvgIpc) is 2.57. The number of rotatable bonds is 1. The molecule has 2 aliphatic heterocycles. The van der Waals surface area contributed by atoms with Crippen LogP contribution in [-0.2, 0) is 9.59 Å². The molecule has 23 heavy (non-hydrogen) atoms. The number of nitrogens with zero attached hydrogens (tertiary/aromatic N) is 3. The third-order valence-electron chi connectivity index (χ3n) is 4.59. The maximum absolute atomic E-state index is 12.6. The second-order valence-electron chi connectivity index (χ2n) is 5.93. The summed E-state index contributed by atoms with van der Waals surface area (Å²) in [5, 5.41) is 0.493. The molecule has 0 radical (unpaired) electrons. The van der Waals surface area contributed by atoms with Crippen LogP contribution in [0, 0.1) is 0 Å². The normalized spacial score (nSPS) is 24.7. The predicted octanol–water partition coefficient (Wildman–Crippen LogP) is 0.853. The number of amides is 3. The number of piperazine rings is 2. The van der Waals surface area contributed by atoms with Gasteiger partial charge in [-0.3, -0.25) is 14.4 Å². The van der Waals surface area contributed by atoms with Gasteiger partial charge < -0.3 is 14.7 Å². The molecule has 0 unspecified atom stereocenters. The molecule has 2 fully saturated rings. The van der Waals surface area contributed by atoms with Crippen LogP contribution in [0.1, 0.15) is 17.3 Å². The number of hydrogen-bond donors (Lipinski definition) is 0. The molecule has 2 atom stereocenters. The minimum absolute atomic E-state index is 0.0630. The maximum atomic E-state index is 12.6.